The quantitative estimate of drug-likeness (QED) is 0.582. The van der Waals surface area contributed by atoms with E-state index in [-0.39, 0.29) is 21.4 Å². The number of pyridine rings is 1. The van der Waals surface area contributed by atoms with E-state index in [1.807, 2.05) is 0 Å². The third-order valence-electron chi connectivity index (χ3n) is 4.95. The second-order valence-corrected chi connectivity index (χ2v) is 8.92. The maximum atomic E-state index is 13.8. The van der Waals surface area contributed by atoms with Gasteiger partial charge in [-0.15, -0.1) is 0 Å². The van der Waals surface area contributed by atoms with E-state index in [0.717, 1.165) is 11.6 Å². The molecule has 1 aliphatic heterocycles. The lowest BCUT2D eigenvalue weighted by molar-refractivity contribution is 0.0951. The Labute approximate surface area is 191 Å². The number of fused-ring (bicyclic) bond motifs is 1. The number of halogens is 2. The molecule has 1 aromatic heterocycles. The Kier molecular flexibility index (Phi) is 6.16. The number of nitrogens with one attached hydrogen (secondary N) is 1. The number of nitrogens with zero attached hydrogens (tertiary/aromatic N) is 2. The van der Waals surface area contributed by atoms with Crippen LogP contribution in [-0.2, 0) is 17.5 Å². The van der Waals surface area contributed by atoms with Gasteiger partial charge in [0.2, 0.25) is 5.78 Å². The van der Waals surface area contributed by atoms with Gasteiger partial charge in [0.05, 0.1) is 10.7 Å². The fourth-order valence-corrected chi connectivity index (χ4v) is 4.49. The van der Waals surface area contributed by atoms with E-state index in [4.69, 9.17) is 11.6 Å². The lowest BCUT2D eigenvalue weighted by atomic mass is 10.0. The Morgan fingerprint density at radius 1 is 1.19 bits per heavy atom. The molecule has 1 atom stereocenters. The molecule has 32 heavy (non-hydrogen) atoms. The van der Waals surface area contributed by atoms with Crippen LogP contribution in [0, 0.1) is 5.82 Å². The number of amides is 1. The molecule has 1 unspecified atom stereocenters. The zero-order valence-electron chi connectivity index (χ0n) is 16.8. The van der Waals surface area contributed by atoms with Crippen LogP contribution in [0.3, 0.4) is 0 Å². The lowest BCUT2D eigenvalue weighted by Crippen LogP contribution is -2.32. The normalized spacial score (nSPS) is 16.7. The minimum atomic E-state index is -1.79. The van der Waals surface area contributed by atoms with Crippen LogP contribution in [0.4, 0.5) is 10.1 Å². The van der Waals surface area contributed by atoms with E-state index in [1.54, 1.807) is 43.7 Å². The number of carbonyl (C=O) groups excluding carboxylic acids is 2. The van der Waals surface area contributed by atoms with Crippen LogP contribution in [-0.4, -0.2) is 27.9 Å². The summed E-state index contributed by atoms with van der Waals surface area (Å²) in [5.41, 5.74) is 2.22. The molecule has 3 aromatic rings. The van der Waals surface area contributed by atoms with Crippen molar-refractivity contribution in [2.24, 2.45) is 0 Å². The van der Waals surface area contributed by atoms with E-state index >= 15 is 0 Å². The smallest absolute Gasteiger partial charge is 0.251 e. The molecular weight excluding hydrogens is 453 g/mol. The third-order valence-corrected chi connectivity index (χ3v) is 6.63. The van der Waals surface area contributed by atoms with Crippen molar-refractivity contribution >= 4 is 46.0 Å². The molecule has 6 nitrogen and oxygen atoms in total. The Morgan fingerprint density at radius 2 is 1.94 bits per heavy atom. The summed E-state index contributed by atoms with van der Waals surface area (Å²) in [7, 11) is -0.205. The number of ketones is 1. The second kappa shape index (κ2) is 9.02. The standard InChI is InChI=1S/C23H17ClFN3O3S/c1-28-20-5-3-16(23(30)27-13-14-6-8-26-9-7-14)12-17(20)22(29)21(32(28)31)11-15-2-4-18(24)19(25)10-15/h2-12H,13H2,1H3,(H,27,30)/b21-11-. The number of hydrogen-bond donors (Lipinski definition) is 1. The minimum absolute atomic E-state index is 0.0175. The number of anilines is 1. The van der Waals surface area contributed by atoms with Crippen LogP contribution in [0.25, 0.3) is 6.08 Å². The molecule has 162 valence electrons. The van der Waals surface area contributed by atoms with Crippen molar-refractivity contribution in [1.29, 1.82) is 0 Å². The highest BCUT2D eigenvalue weighted by Crippen LogP contribution is 2.33. The summed E-state index contributed by atoms with van der Waals surface area (Å²) in [5, 5.41) is 2.75. The van der Waals surface area contributed by atoms with Gasteiger partial charge < -0.3 is 5.32 Å². The lowest BCUT2D eigenvalue weighted by Gasteiger charge is -2.27. The molecule has 1 N–H and O–H groups in total. The summed E-state index contributed by atoms with van der Waals surface area (Å²) in [6.07, 6.45) is 4.64. The van der Waals surface area contributed by atoms with Gasteiger partial charge >= 0.3 is 0 Å². The Balaban J connectivity index is 1.64. The average Bonchev–Trinajstić information content (AvgIpc) is 2.81. The molecular formula is C23H17ClFN3O3S. The van der Waals surface area contributed by atoms with Crippen LogP contribution >= 0.6 is 11.6 Å². The number of Topliss-reactive ketones (excluding diaryl/α,β-unsaturated/α-hetero) is 1. The van der Waals surface area contributed by atoms with Crippen molar-refractivity contribution < 1.29 is 18.2 Å². The first kappa shape index (κ1) is 21.9. The first-order chi connectivity index (χ1) is 15.3. The van der Waals surface area contributed by atoms with Gasteiger partial charge in [0.15, 0.2) is 11.0 Å². The van der Waals surface area contributed by atoms with Crippen molar-refractivity contribution in [1.82, 2.24) is 10.3 Å². The van der Waals surface area contributed by atoms with Crippen LogP contribution in [0.1, 0.15) is 31.8 Å². The largest absolute Gasteiger partial charge is 0.348 e. The maximum Gasteiger partial charge on any atom is 0.251 e. The van der Waals surface area contributed by atoms with E-state index in [0.29, 0.717) is 23.4 Å². The van der Waals surface area contributed by atoms with Gasteiger partial charge in [-0.25, -0.2) is 8.60 Å². The Hall–Kier alpha value is -3.36. The summed E-state index contributed by atoms with van der Waals surface area (Å²) in [4.78, 5) is 29.7. The van der Waals surface area contributed by atoms with Crippen molar-refractivity contribution in [3.63, 3.8) is 0 Å². The van der Waals surface area contributed by atoms with Crippen LogP contribution < -0.4 is 9.62 Å². The highest BCUT2D eigenvalue weighted by atomic mass is 35.5. The van der Waals surface area contributed by atoms with Crippen molar-refractivity contribution in [3.05, 3.63) is 98.9 Å². The minimum Gasteiger partial charge on any atom is -0.348 e. The van der Waals surface area contributed by atoms with E-state index in [2.05, 4.69) is 10.3 Å². The maximum absolute atomic E-state index is 13.8. The predicted octanol–water partition coefficient (Wildman–Crippen LogP) is 4.14. The molecule has 0 saturated carbocycles. The molecule has 0 spiro atoms. The SMILES string of the molecule is CN1c2ccc(C(=O)NCc3ccncc3)cc2C(=O)/C(=C/c2ccc(Cl)c(F)c2)S1=O. The molecule has 0 radical (unpaired) electrons. The van der Waals surface area contributed by atoms with Gasteiger partial charge in [-0.3, -0.25) is 18.9 Å². The predicted molar refractivity (Wildman–Crippen MR) is 122 cm³/mol. The number of aromatic nitrogens is 1. The number of rotatable bonds is 4. The fraction of sp³-hybridized carbons (Fsp3) is 0.0870. The molecule has 2 heterocycles. The van der Waals surface area contributed by atoms with Gasteiger partial charge in [0, 0.05) is 37.1 Å². The molecule has 0 bridgehead atoms. The summed E-state index contributed by atoms with van der Waals surface area (Å²) in [5.74, 6) is -1.48. The zero-order valence-corrected chi connectivity index (χ0v) is 18.4. The second-order valence-electron chi connectivity index (χ2n) is 7.03. The summed E-state index contributed by atoms with van der Waals surface area (Å²) >= 11 is 5.71. The summed E-state index contributed by atoms with van der Waals surface area (Å²) < 4.78 is 28.1. The van der Waals surface area contributed by atoms with Gasteiger partial charge in [0.1, 0.15) is 10.7 Å². The number of allylic oxidation sites excluding steroid dienone is 1. The highest BCUT2D eigenvalue weighted by molar-refractivity contribution is 7.91. The molecule has 0 saturated heterocycles. The van der Waals surface area contributed by atoms with Gasteiger partial charge in [-0.05, 0) is 59.7 Å². The van der Waals surface area contributed by atoms with Crippen LogP contribution in [0.2, 0.25) is 5.02 Å². The van der Waals surface area contributed by atoms with Crippen LogP contribution in [0.5, 0.6) is 0 Å². The molecule has 9 heteroatoms. The van der Waals surface area contributed by atoms with Crippen molar-refractivity contribution in [2.45, 2.75) is 6.54 Å². The van der Waals surface area contributed by atoms with Gasteiger partial charge in [-0.2, -0.15) is 0 Å². The number of hydrogen-bond acceptors (Lipinski definition) is 4. The topological polar surface area (TPSA) is 79.4 Å². The van der Waals surface area contributed by atoms with E-state index < -0.39 is 22.6 Å². The first-order valence-corrected chi connectivity index (χ1v) is 11.0. The molecule has 2 aromatic carbocycles. The Morgan fingerprint density at radius 3 is 2.66 bits per heavy atom. The molecule has 4 rings (SSSR count). The zero-order chi connectivity index (χ0) is 22.8. The monoisotopic (exact) mass is 469 g/mol. The highest BCUT2D eigenvalue weighted by Gasteiger charge is 2.32. The summed E-state index contributed by atoms with van der Waals surface area (Å²) in [6.45, 7) is 0.309. The van der Waals surface area contributed by atoms with Crippen molar-refractivity contribution in [2.75, 3.05) is 11.4 Å². The third kappa shape index (κ3) is 4.32. The van der Waals surface area contributed by atoms with Gasteiger partial charge in [0.25, 0.3) is 5.91 Å². The van der Waals surface area contributed by atoms with E-state index in [1.165, 1.54) is 28.6 Å². The summed E-state index contributed by atoms with van der Waals surface area (Å²) in [6, 6.07) is 12.3. The van der Waals surface area contributed by atoms with Crippen LogP contribution in [0.15, 0.2) is 65.8 Å². The fourth-order valence-electron chi connectivity index (χ4n) is 3.24. The molecule has 1 aliphatic rings. The number of benzene rings is 2. The van der Waals surface area contributed by atoms with E-state index in [9.17, 15) is 18.2 Å². The van der Waals surface area contributed by atoms with Crippen molar-refractivity contribution in [3.8, 4) is 0 Å². The average molecular weight is 470 g/mol. The Bertz CT molecular complexity index is 1280. The number of carbonyl (C=O) groups is 2. The van der Waals surface area contributed by atoms with Gasteiger partial charge in [-0.1, -0.05) is 17.7 Å². The molecule has 0 fully saturated rings. The first-order valence-electron chi connectivity index (χ1n) is 9.53. The molecule has 1 amide bonds. The molecule has 0 aliphatic carbocycles.